The van der Waals surface area contributed by atoms with Crippen molar-refractivity contribution in [2.24, 2.45) is 0 Å². The summed E-state index contributed by atoms with van der Waals surface area (Å²) in [6, 6.07) is 0. The normalized spacial score (nSPS) is 21.8. The average Bonchev–Trinajstić information content (AvgIpc) is 2.74. The van der Waals surface area contributed by atoms with E-state index in [0.29, 0.717) is 12.3 Å². The van der Waals surface area contributed by atoms with Gasteiger partial charge in [-0.2, -0.15) is 4.98 Å². The zero-order chi connectivity index (χ0) is 9.97. The Labute approximate surface area is 82.7 Å². The first kappa shape index (κ1) is 9.37. The molecule has 0 spiro atoms. The zero-order valence-corrected chi connectivity index (χ0v) is 8.32. The van der Waals surface area contributed by atoms with Gasteiger partial charge in [-0.3, -0.25) is 4.79 Å². The molecule has 1 atom stereocenters. The average molecular weight is 194 g/mol. The minimum Gasteiger partial charge on any atom is -0.339 e. The largest absolute Gasteiger partial charge is 0.339 e. The highest BCUT2D eigenvalue weighted by molar-refractivity contribution is 5.86. The molecule has 1 aromatic heterocycles. The lowest BCUT2D eigenvalue weighted by molar-refractivity contribution is -0.119. The molecule has 1 heterocycles. The van der Waals surface area contributed by atoms with Gasteiger partial charge >= 0.3 is 0 Å². The summed E-state index contributed by atoms with van der Waals surface area (Å²) in [4.78, 5) is 15.6. The molecule has 0 amide bonds. The first-order valence-corrected chi connectivity index (χ1v) is 5.16. The van der Waals surface area contributed by atoms with E-state index in [1.807, 2.05) is 0 Å². The summed E-state index contributed by atoms with van der Waals surface area (Å²) in [6.45, 7) is 2.07. The van der Waals surface area contributed by atoms with Crippen LogP contribution in [0, 0.1) is 0 Å². The Kier molecular flexibility index (Phi) is 2.61. The summed E-state index contributed by atoms with van der Waals surface area (Å²) in [5.74, 6) is 1.38. The number of aromatic nitrogens is 2. The molecule has 1 aliphatic carbocycles. The number of hydrogen-bond donors (Lipinski definition) is 0. The molecule has 0 saturated heterocycles. The van der Waals surface area contributed by atoms with E-state index in [9.17, 15) is 4.79 Å². The highest BCUT2D eigenvalue weighted by atomic mass is 16.5. The first-order valence-electron chi connectivity index (χ1n) is 5.16. The summed E-state index contributed by atoms with van der Waals surface area (Å²) in [5, 5.41) is 3.85. The number of Topliss-reactive ketones (excluding diaryl/α,β-unsaturated/α-hetero) is 1. The molecule has 0 radical (unpaired) electrons. The number of nitrogens with zero attached hydrogens (tertiary/aromatic N) is 2. The second kappa shape index (κ2) is 3.90. The summed E-state index contributed by atoms with van der Waals surface area (Å²) < 4.78 is 5.09. The monoisotopic (exact) mass is 194 g/mol. The zero-order valence-electron chi connectivity index (χ0n) is 8.32. The van der Waals surface area contributed by atoms with Crippen molar-refractivity contribution in [1.82, 2.24) is 10.1 Å². The van der Waals surface area contributed by atoms with Crippen molar-refractivity contribution in [3.05, 3.63) is 11.7 Å². The van der Waals surface area contributed by atoms with E-state index in [-0.39, 0.29) is 11.7 Å². The highest BCUT2D eigenvalue weighted by Crippen LogP contribution is 2.29. The number of aryl methyl sites for hydroxylation is 1. The van der Waals surface area contributed by atoms with Gasteiger partial charge in [-0.1, -0.05) is 12.1 Å². The second-order valence-corrected chi connectivity index (χ2v) is 3.71. The maximum absolute atomic E-state index is 11.4. The Bertz CT molecular complexity index is 333. The molecule has 0 aromatic carbocycles. The molecule has 76 valence electrons. The molecule has 1 aromatic rings. The van der Waals surface area contributed by atoms with Gasteiger partial charge in [-0.15, -0.1) is 0 Å². The topological polar surface area (TPSA) is 56.0 Å². The molecule has 0 aliphatic heterocycles. The molecular formula is C10H14N2O2. The number of ketones is 1. The minimum absolute atomic E-state index is 0.117. The molecule has 4 nitrogen and oxygen atoms in total. The van der Waals surface area contributed by atoms with Crippen LogP contribution in [0.5, 0.6) is 0 Å². The predicted molar refractivity (Wildman–Crippen MR) is 49.9 cm³/mol. The van der Waals surface area contributed by atoms with Crippen molar-refractivity contribution in [2.75, 3.05) is 0 Å². The molecular weight excluding hydrogens is 180 g/mol. The summed E-state index contributed by atoms with van der Waals surface area (Å²) in [5.41, 5.74) is 0. The maximum atomic E-state index is 11.4. The quantitative estimate of drug-likeness (QED) is 0.736. The molecule has 1 saturated carbocycles. The van der Waals surface area contributed by atoms with Crippen LogP contribution >= 0.6 is 0 Å². The fraction of sp³-hybridized carbons (Fsp3) is 0.700. The fourth-order valence-electron chi connectivity index (χ4n) is 1.81. The number of carbonyl (C=O) groups is 1. The summed E-state index contributed by atoms with van der Waals surface area (Å²) >= 11 is 0. The van der Waals surface area contributed by atoms with Crippen LogP contribution < -0.4 is 0 Å². The lowest BCUT2D eigenvalue weighted by Crippen LogP contribution is -2.04. The van der Waals surface area contributed by atoms with Crippen LogP contribution in [0.25, 0.3) is 0 Å². The standard InChI is InChI=1S/C10H14N2O2/c1-2-4-9-11-10(14-12-9)7-5-3-6-8(7)13/h7H,2-6H2,1H3. The van der Waals surface area contributed by atoms with Gasteiger partial charge in [-0.05, 0) is 19.3 Å². The third kappa shape index (κ3) is 1.69. The number of rotatable bonds is 3. The third-order valence-electron chi connectivity index (χ3n) is 2.56. The number of hydrogen-bond acceptors (Lipinski definition) is 4. The van der Waals surface area contributed by atoms with Crippen LogP contribution in [-0.4, -0.2) is 15.9 Å². The van der Waals surface area contributed by atoms with Gasteiger partial charge in [0.15, 0.2) is 5.82 Å². The van der Waals surface area contributed by atoms with Crippen LogP contribution in [0.1, 0.15) is 50.2 Å². The Hall–Kier alpha value is -1.19. The molecule has 1 fully saturated rings. The van der Waals surface area contributed by atoms with E-state index >= 15 is 0 Å². The molecule has 2 rings (SSSR count). The predicted octanol–water partition coefficient (Wildman–Crippen LogP) is 1.86. The van der Waals surface area contributed by atoms with Gasteiger partial charge in [0.1, 0.15) is 5.78 Å². The lowest BCUT2D eigenvalue weighted by atomic mass is 10.1. The van der Waals surface area contributed by atoms with E-state index in [2.05, 4.69) is 17.1 Å². The molecule has 0 bridgehead atoms. The van der Waals surface area contributed by atoms with Crippen molar-refractivity contribution >= 4 is 5.78 Å². The lowest BCUT2D eigenvalue weighted by Gasteiger charge is -1.98. The van der Waals surface area contributed by atoms with E-state index in [4.69, 9.17) is 4.52 Å². The maximum Gasteiger partial charge on any atom is 0.237 e. The van der Waals surface area contributed by atoms with Crippen LogP contribution in [0.2, 0.25) is 0 Å². The van der Waals surface area contributed by atoms with Crippen molar-refractivity contribution in [3.8, 4) is 0 Å². The van der Waals surface area contributed by atoms with Crippen molar-refractivity contribution in [3.63, 3.8) is 0 Å². The van der Waals surface area contributed by atoms with Gasteiger partial charge < -0.3 is 4.52 Å². The Balaban J connectivity index is 2.12. The van der Waals surface area contributed by atoms with Crippen molar-refractivity contribution < 1.29 is 9.32 Å². The molecule has 4 heteroatoms. The molecule has 0 N–H and O–H groups in total. The van der Waals surface area contributed by atoms with E-state index in [1.54, 1.807) is 0 Å². The Morgan fingerprint density at radius 2 is 2.43 bits per heavy atom. The molecule has 1 aliphatic rings. The van der Waals surface area contributed by atoms with Crippen molar-refractivity contribution in [2.45, 2.75) is 44.9 Å². The SMILES string of the molecule is CCCc1noc(C2CCCC2=O)n1. The van der Waals surface area contributed by atoms with Gasteiger partial charge in [-0.25, -0.2) is 0 Å². The van der Waals surface area contributed by atoms with Gasteiger partial charge in [0.2, 0.25) is 5.89 Å². The second-order valence-electron chi connectivity index (χ2n) is 3.71. The van der Waals surface area contributed by atoms with Crippen LogP contribution in [-0.2, 0) is 11.2 Å². The van der Waals surface area contributed by atoms with E-state index < -0.39 is 0 Å². The van der Waals surface area contributed by atoms with E-state index in [1.165, 1.54) is 0 Å². The molecule has 14 heavy (non-hydrogen) atoms. The smallest absolute Gasteiger partial charge is 0.237 e. The summed E-state index contributed by atoms with van der Waals surface area (Å²) in [6.07, 6.45) is 4.31. The number of carbonyl (C=O) groups excluding carboxylic acids is 1. The summed E-state index contributed by atoms with van der Waals surface area (Å²) in [7, 11) is 0. The Morgan fingerprint density at radius 1 is 1.57 bits per heavy atom. The van der Waals surface area contributed by atoms with Gasteiger partial charge in [0, 0.05) is 12.8 Å². The Morgan fingerprint density at radius 3 is 3.07 bits per heavy atom. The van der Waals surface area contributed by atoms with Crippen LogP contribution in [0.4, 0.5) is 0 Å². The third-order valence-corrected chi connectivity index (χ3v) is 2.56. The van der Waals surface area contributed by atoms with Crippen LogP contribution in [0.3, 0.4) is 0 Å². The van der Waals surface area contributed by atoms with E-state index in [0.717, 1.165) is 31.5 Å². The van der Waals surface area contributed by atoms with Gasteiger partial charge in [0.05, 0.1) is 5.92 Å². The first-order chi connectivity index (χ1) is 6.81. The minimum atomic E-state index is -0.117. The van der Waals surface area contributed by atoms with Gasteiger partial charge in [0.25, 0.3) is 0 Å². The van der Waals surface area contributed by atoms with Crippen molar-refractivity contribution in [1.29, 1.82) is 0 Å². The molecule has 1 unspecified atom stereocenters. The fourth-order valence-corrected chi connectivity index (χ4v) is 1.81. The van der Waals surface area contributed by atoms with Crippen LogP contribution in [0.15, 0.2) is 4.52 Å². The highest BCUT2D eigenvalue weighted by Gasteiger charge is 2.30.